The summed E-state index contributed by atoms with van der Waals surface area (Å²) in [7, 11) is 0. The Balaban J connectivity index is 1.90. The fourth-order valence-electron chi connectivity index (χ4n) is 2.06. The van der Waals surface area contributed by atoms with E-state index in [0.29, 0.717) is 31.9 Å². The number of carboxylic acid groups (broad SMARTS) is 1. The van der Waals surface area contributed by atoms with Crippen LogP contribution in [0.3, 0.4) is 0 Å². The summed E-state index contributed by atoms with van der Waals surface area (Å²) in [5.74, 6) is -0.159. The highest BCUT2D eigenvalue weighted by Gasteiger charge is 2.24. The first kappa shape index (κ1) is 13.6. The molecule has 19 heavy (non-hydrogen) atoms. The second-order valence-corrected chi connectivity index (χ2v) is 4.43. The van der Waals surface area contributed by atoms with Crippen LogP contribution in [0.2, 0.25) is 0 Å². The van der Waals surface area contributed by atoms with Gasteiger partial charge in [-0.2, -0.15) is 0 Å². The second kappa shape index (κ2) is 5.85. The average molecular weight is 267 g/mol. The van der Waals surface area contributed by atoms with E-state index in [4.69, 9.17) is 15.3 Å². The van der Waals surface area contributed by atoms with Gasteiger partial charge in [0, 0.05) is 26.2 Å². The Labute approximate surface area is 110 Å². The van der Waals surface area contributed by atoms with Crippen LogP contribution in [0.1, 0.15) is 16.3 Å². The van der Waals surface area contributed by atoms with Gasteiger partial charge in [-0.1, -0.05) is 0 Å². The number of nitrogens with two attached hydrogens (primary N) is 1. The summed E-state index contributed by atoms with van der Waals surface area (Å²) < 4.78 is 5.32. The highest BCUT2D eigenvalue weighted by atomic mass is 16.4. The number of furan rings is 1. The van der Waals surface area contributed by atoms with Crippen LogP contribution in [0, 0.1) is 0 Å². The van der Waals surface area contributed by atoms with Crippen molar-refractivity contribution >= 4 is 11.9 Å². The van der Waals surface area contributed by atoms with E-state index in [1.54, 1.807) is 21.9 Å². The van der Waals surface area contributed by atoms with Crippen molar-refractivity contribution in [2.24, 2.45) is 5.73 Å². The molecule has 0 saturated carbocycles. The van der Waals surface area contributed by atoms with Crippen molar-refractivity contribution in [1.29, 1.82) is 0 Å². The number of rotatable bonds is 4. The highest BCUT2D eigenvalue weighted by Crippen LogP contribution is 2.12. The molecule has 2 rings (SSSR count). The predicted molar refractivity (Wildman–Crippen MR) is 66.6 cm³/mol. The Morgan fingerprint density at radius 3 is 2.47 bits per heavy atom. The smallest absolute Gasteiger partial charge is 0.317 e. The Morgan fingerprint density at radius 2 is 1.95 bits per heavy atom. The lowest BCUT2D eigenvalue weighted by molar-refractivity contribution is -0.138. The zero-order chi connectivity index (χ0) is 13.8. The van der Waals surface area contributed by atoms with Crippen LogP contribution < -0.4 is 5.73 Å². The van der Waals surface area contributed by atoms with E-state index < -0.39 is 5.97 Å². The molecule has 7 heteroatoms. The summed E-state index contributed by atoms with van der Waals surface area (Å²) in [6, 6.07) is 3.31. The Bertz CT molecular complexity index is 463. The number of hydrogen-bond donors (Lipinski definition) is 2. The average Bonchev–Trinajstić information content (AvgIpc) is 2.87. The monoisotopic (exact) mass is 267 g/mol. The van der Waals surface area contributed by atoms with Crippen LogP contribution in [0.15, 0.2) is 16.5 Å². The molecule has 1 aliphatic rings. The van der Waals surface area contributed by atoms with Crippen molar-refractivity contribution in [2.45, 2.75) is 6.54 Å². The zero-order valence-electron chi connectivity index (χ0n) is 10.5. The van der Waals surface area contributed by atoms with E-state index in [1.165, 1.54) is 0 Å². The van der Waals surface area contributed by atoms with Gasteiger partial charge in [-0.05, 0) is 12.1 Å². The van der Waals surface area contributed by atoms with E-state index in [2.05, 4.69) is 0 Å². The van der Waals surface area contributed by atoms with Crippen LogP contribution in [-0.2, 0) is 11.3 Å². The molecular formula is C12H17N3O4. The molecule has 0 aliphatic carbocycles. The standard InChI is InChI=1S/C12H17N3O4/c13-7-9-1-2-10(19-9)12(18)15-5-3-14(4-6-15)8-11(16)17/h1-2H,3-8,13H2,(H,16,17). The van der Waals surface area contributed by atoms with Gasteiger partial charge in [0.15, 0.2) is 5.76 Å². The van der Waals surface area contributed by atoms with E-state index in [-0.39, 0.29) is 24.8 Å². The third kappa shape index (κ3) is 3.33. The molecule has 1 fully saturated rings. The molecule has 0 radical (unpaired) electrons. The van der Waals surface area contributed by atoms with Crippen molar-refractivity contribution in [3.63, 3.8) is 0 Å². The minimum Gasteiger partial charge on any atom is -0.480 e. The maximum absolute atomic E-state index is 12.1. The van der Waals surface area contributed by atoms with Crippen LogP contribution in [-0.4, -0.2) is 59.5 Å². The van der Waals surface area contributed by atoms with Crippen LogP contribution in [0.4, 0.5) is 0 Å². The molecule has 0 unspecified atom stereocenters. The number of hydrogen-bond acceptors (Lipinski definition) is 5. The van der Waals surface area contributed by atoms with E-state index >= 15 is 0 Å². The number of aliphatic carboxylic acids is 1. The Hall–Kier alpha value is -1.86. The number of carboxylic acids is 1. The molecule has 1 aliphatic heterocycles. The van der Waals surface area contributed by atoms with Gasteiger partial charge in [0.2, 0.25) is 0 Å². The lowest BCUT2D eigenvalue weighted by Crippen LogP contribution is -2.49. The molecule has 0 bridgehead atoms. The maximum atomic E-state index is 12.1. The van der Waals surface area contributed by atoms with Crippen molar-refractivity contribution in [2.75, 3.05) is 32.7 Å². The number of nitrogens with zero attached hydrogens (tertiary/aromatic N) is 2. The van der Waals surface area contributed by atoms with E-state index in [9.17, 15) is 9.59 Å². The lowest BCUT2D eigenvalue weighted by Gasteiger charge is -2.33. The van der Waals surface area contributed by atoms with Gasteiger partial charge in [-0.15, -0.1) is 0 Å². The van der Waals surface area contributed by atoms with Crippen LogP contribution in [0.5, 0.6) is 0 Å². The highest BCUT2D eigenvalue weighted by molar-refractivity contribution is 5.91. The van der Waals surface area contributed by atoms with Gasteiger partial charge in [-0.25, -0.2) is 0 Å². The summed E-state index contributed by atoms with van der Waals surface area (Å²) in [4.78, 5) is 26.2. The minimum absolute atomic E-state index is 0.0140. The molecule has 3 N–H and O–H groups in total. The Morgan fingerprint density at radius 1 is 1.26 bits per heavy atom. The van der Waals surface area contributed by atoms with Crippen molar-refractivity contribution < 1.29 is 19.1 Å². The molecule has 1 aromatic heterocycles. The van der Waals surface area contributed by atoms with Gasteiger partial charge in [0.05, 0.1) is 13.1 Å². The van der Waals surface area contributed by atoms with Crippen molar-refractivity contribution in [3.05, 3.63) is 23.7 Å². The predicted octanol–water partition coefficient (Wildman–Crippen LogP) is -0.419. The number of carbonyl (C=O) groups excluding carboxylic acids is 1. The third-order valence-corrected chi connectivity index (χ3v) is 3.09. The molecule has 0 atom stereocenters. The SMILES string of the molecule is NCc1ccc(C(=O)N2CCN(CC(=O)O)CC2)o1. The molecule has 0 aromatic carbocycles. The molecular weight excluding hydrogens is 250 g/mol. The topological polar surface area (TPSA) is 100 Å². The molecule has 7 nitrogen and oxygen atoms in total. The van der Waals surface area contributed by atoms with Crippen LogP contribution >= 0.6 is 0 Å². The molecule has 104 valence electrons. The van der Waals surface area contributed by atoms with Crippen molar-refractivity contribution in [3.8, 4) is 0 Å². The van der Waals surface area contributed by atoms with Gasteiger partial charge in [0.25, 0.3) is 5.91 Å². The first-order valence-electron chi connectivity index (χ1n) is 6.12. The number of carbonyl (C=O) groups is 2. The first-order chi connectivity index (χ1) is 9.10. The largest absolute Gasteiger partial charge is 0.480 e. The number of piperazine rings is 1. The van der Waals surface area contributed by atoms with Crippen molar-refractivity contribution in [1.82, 2.24) is 9.80 Å². The van der Waals surface area contributed by atoms with Gasteiger partial charge >= 0.3 is 5.97 Å². The fraction of sp³-hybridized carbons (Fsp3) is 0.500. The molecule has 2 heterocycles. The molecule has 1 amide bonds. The summed E-state index contributed by atoms with van der Waals surface area (Å²) in [5, 5.41) is 8.70. The summed E-state index contributed by atoms with van der Waals surface area (Å²) in [6.07, 6.45) is 0. The van der Waals surface area contributed by atoms with Gasteiger partial charge in [-0.3, -0.25) is 14.5 Å². The van der Waals surface area contributed by atoms with Crippen LogP contribution in [0.25, 0.3) is 0 Å². The second-order valence-electron chi connectivity index (χ2n) is 4.43. The van der Waals surface area contributed by atoms with Gasteiger partial charge in [0.1, 0.15) is 5.76 Å². The fourth-order valence-corrected chi connectivity index (χ4v) is 2.06. The zero-order valence-corrected chi connectivity index (χ0v) is 10.5. The van der Waals surface area contributed by atoms with E-state index in [0.717, 1.165) is 0 Å². The lowest BCUT2D eigenvalue weighted by atomic mass is 10.3. The Kier molecular flexibility index (Phi) is 4.18. The minimum atomic E-state index is -0.849. The first-order valence-corrected chi connectivity index (χ1v) is 6.12. The molecule has 1 aromatic rings. The molecule has 1 saturated heterocycles. The third-order valence-electron chi connectivity index (χ3n) is 3.09. The quantitative estimate of drug-likeness (QED) is 0.768. The maximum Gasteiger partial charge on any atom is 0.317 e. The number of amides is 1. The molecule has 0 spiro atoms. The summed E-state index contributed by atoms with van der Waals surface area (Å²) in [6.45, 7) is 2.40. The summed E-state index contributed by atoms with van der Waals surface area (Å²) in [5.41, 5.74) is 5.43. The van der Waals surface area contributed by atoms with E-state index in [1.807, 2.05) is 0 Å². The summed E-state index contributed by atoms with van der Waals surface area (Å²) >= 11 is 0. The van der Waals surface area contributed by atoms with Gasteiger partial charge < -0.3 is 20.2 Å². The normalized spacial score (nSPS) is 16.6.